The largest absolute Gasteiger partial charge is 0.329 e. The third-order valence-corrected chi connectivity index (χ3v) is 4.24. The molecule has 1 fully saturated rings. The Morgan fingerprint density at radius 1 is 1.27 bits per heavy atom. The van der Waals surface area contributed by atoms with Crippen LogP contribution in [0.25, 0.3) is 0 Å². The SMILES string of the molecule is CCC1CCCCCN1C(C)(CC)CN. The van der Waals surface area contributed by atoms with Gasteiger partial charge in [-0.05, 0) is 39.2 Å². The first-order chi connectivity index (χ1) is 7.18. The van der Waals surface area contributed by atoms with Gasteiger partial charge in [0.05, 0.1) is 0 Å². The van der Waals surface area contributed by atoms with E-state index in [1.165, 1.54) is 45.1 Å². The highest BCUT2D eigenvalue weighted by atomic mass is 15.2. The van der Waals surface area contributed by atoms with E-state index in [-0.39, 0.29) is 5.54 Å². The molecule has 2 heteroatoms. The molecule has 1 saturated heterocycles. The fourth-order valence-corrected chi connectivity index (χ4v) is 2.78. The van der Waals surface area contributed by atoms with Crippen LogP contribution in [0.15, 0.2) is 0 Å². The molecule has 0 aromatic carbocycles. The summed E-state index contributed by atoms with van der Waals surface area (Å²) in [7, 11) is 0. The van der Waals surface area contributed by atoms with Gasteiger partial charge in [0, 0.05) is 18.1 Å². The van der Waals surface area contributed by atoms with E-state index in [0.29, 0.717) is 0 Å². The van der Waals surface area contributed by atoms with Crippen LogP contribution in [0.3, 0.4) is 0 Å². The van der Waals surface area contributed by atoms with Crippen molar-refractivity contribution in [2.75, 3.05) is 13.1 Å². The Morgan fingerprint density at radius 3 is 2.53 bits per heavy atom. The smallest absolute Gasteiger partial charge is 0.0303 e. The van der Waals surface area contributed by atoms with Gasteiger partial charge in [-0.1, -0.05) is 26.7 Å². The quantitative estimate of drug-likeness (QED) is 0.776. The molecule has 0 aromatic heterocycles. The molecular weight excluding hydrogens is 184 g/mol. The second-order valence-corrected chi connectivity index (χ2v) is 5.16. The van der Waals surface area contributed by atoms with Crippen LogP contribution in [0.4, 0.5) is 0 Å². The molecule has 1 heterocycles. The maximum Gasteiger partial charge on any atom is 0.0303 e. The predicted octanol–water partition coefficient (Wildman–Crippen LogP) is 2.77. The van der Waals surface area contributed by atoms with Crippen LogP contribution in [0.5, 0.6) is 0 Å². The lowest BCUT2D eigenvalue weighted by Crippen LogP contribution is -2.55. The number of likely N-dealkylation sites (tertiary alicyclic amines) is 1. The van der Waals surface area contributed by atoms with E-state index in [1.807, 2.05) is 0 Å². The van der Waals surface area contributed by atoms with Gasteiger partial charge in [-0.25, -0.2) is 0 Å². The molecule has 0 aliphatic carbocycles. The fraction of sp³-hybridized carbons (Fsp3) is 1.00. The first-order valence-electron chi connectivity index (χ1n) is 6.64. The molecule has 2 N–H and O–H groups in total. The van der Waals surface area contributed by atoms with Gasteiger partial charge >= 0.3 is 0 Å². The summed E-state index contributed by atoms with van der Waals surface area (Å²) in [6, 6.07) is 0.765. The van der Waals surface area contributed by atoms with Crippen molar-refractivity contribution in [2.45, 2.75) is 70.9 Å². The zero-order chi connectivity index (χ0) is 11.3. The van der Waals surface area contributed by atoms with Crippen molar-refractivity contribution >= 4 is 0 Å². The Balaban J connectivity index is 2.76. The fourth-order valence-electron chi connectivity index (χ4n) is 2.78. The van der Waals surface area contributed by atoms with Crippen LogP contribution < -0.4 is 5.73 Å². The number of nitrogens with two attached hydrogens (primary N) is 1. The molecule has 1 aliphatic rings. The molecule has 1 rings (SSSR count). The lowest BCUT2D eigenvalue weighted by atomic mass is 9.93. The molecule has 2 nitrogen and oxygen atoms in total. The minimum atomic E-state index is 0.227. The Bertz CT molecular complexity index is 175. The zero-order valence-corrected chi connectivity index (χ0v) is 10.8. The van der Waals surface area contributed by atoms with Gasteiger partial charge in [-0.2, -0.15) is 0 Å². The first-order valence-corrected chi connectivity index (χ1v) is 6.64. The van der Waals surface area contributed by atoms with E-state index >= 15 is 0 Å². The van der Waals surface area contributed by atoms with Gasteiger partial charge in [0.25, 0.3) is 0 Å². The molecule has 2 atom stereocenters. The van der Waals surface area contributed by atoms with Crippen molar-refractivity contribution in [3.8, 4) is 0 Å². The van der Waals surface area contributed by atoms with Gasteiger partial charge in [-0.15, -0.1) is 0 Å². The highest BCUT2D eigenvalue weighted by molar-refractivity contribution is 4.91. The standard InChI is InChI=1S/C13H28N2/c1-4-12-9-7-6-8-10-15(12)13(3,5-2)11-14/h12H,4-11,14H2,1-3H3. The van der Waals surface area contributed by atoms with Crippen LogP contribution in [0, 0.1) is 0 Å². The van der Waals surface area contributed by atoms with Crippen LogP contribution in [0.1, 0.15) is 59.3 Å². The summed E-state index contributed by atoms with van der Waals surface area (Å²) < 4.78 is 0. The molecule has 1 aliphatic heterocycles. The molecule has 0 spiro atoms. The summed E-state index contributed by atoms with van der Waals surface area (Å²) in [5.74, 6) is 0. The van der Waals surface area contributed by atoms with Crippen molar-refractivity contribution in [3.63, 3.8) is 0 Å². The maximum atomic E-state index is 5.97. The summed E-state index contributed by atoms with van der Waals surface area (Å²) >= 11 is 0. The van der Waals surface area contributed by atoms with Gasteiger partial charge < -0.3 is 5.73 Å². The third kappa shape index (κ3) is 2.94. The maximum absolute atomic E-state index is 5.97. The molecule has 2 unspecified atom stereocenters. The molecule has 15 heavy (non-hydrogen) atoms. The average Bonchev–Trinajstić information content (AvgIpc) is 2.53. The molecular formula is C13H28N2. The Kier molecular flexibility index (Phi) is 5.07. The molecule has 0 amide bonds. The molecule has 0 radical (unpaired) electrons. The van der Waals surface area contributed by atoms with Gasteiger partial charge in [0.2, 0.25) is 0 Å². The lowest BCUT2D eigenvalue weighted by Gasteiger charge is -2.44. The van der Waals surface area contributed by atoms with Crippen LogP contribution in [-0.2, 0) is 0 Å². The van der Waals surface area contributed by atoms with Crippen LogP contribution >= 0.6 is 0 Å². The highest BCUT2D eigenvalue weighted by Crippen LogP contribution is 2.28. The van der Waals surface area contributed by atoms with E-state index in [1.54, 1.807) is 0 Å². The van der Waals surface area contributed by atoms with Gasteiger partial charge in [-0.3, -0.25) is 4.90 Å². The number of nitrogens with zero attached hydrogens (tertiary/aromatic N) is 1. The van der Waals surface area contributed by atoms with Crippen molar-refractivity contribution in [1.82, 2.24) is 4.90 Å². The monoisotopic (exact) mass is 212 g/mol. The van der Waals surface area contributed by atoms with E-state index < -0.39 is 0 Å². The number of hydrogen-bond acceptors (Lipinski definition) is 2. The van der Waals surface area contributed by atoms with E-state index in [0.717, 1.165) is 12.6 Å². The van der Waals surface area contributed by atoms with Gasteiger partial charge in [0.15, 0.2) is 0 Å². The van der Waals surface area contributed by atoms with Gasteiger partial charge in [0.1, 0.15) is 0 Å². The average molecular weight is 212 g/mol. The third-order valence-electron chi connectivity index (χ3n) is 4.24. The van der Waals surface area contributed by atoms with Crippen molar-refractivity contribution in [2.24, 2.45) is 5.73 Å². The van der Waals surface area contributed by atoms with E-state index in [2.05, 4.69) is 25.7 Å². The van der Waals surface area contributed by atoms with Crippen molar-refractivity contribution < 1.29 is 0 Å². The minimum Gasteiger partial charge on any atom is -0.329 e. The molecule has 0 aromatic rings. The predicted molar refractivity (Wildman–Crippen MR) is 67.0 cm³/mol. The van der Waals surface area contributed by atoms with E-state index in [9.17, 15) is 0 Å². The topological polar surface area (TPSA) is 29.3 Å². The zero-order valence-electron chi connectivity index (χ0n) is 10.8. The molecule has 90 valence electrons. The van der Waals surface area contributed by atoms with Crippen LogP contribution in [-0.4, -0.2) is 29.6 Å². The summed E-state index contributed by atoms with van der Waals surface area (Å²) in [5.41, 5.74) is 6.20. The Morgan fingerprint density at radius 2 is 2.00 bits per heavy atom. The lowest BCUT2D eigenvalue weighted by molar-refractivity contribution is 0.0578. The molecule has 0 bridgehead atoms. The number of hydrogen-bond donors (Lipinski definition) is 1. The summed E-state index contributed by atoms with van der Waals surface area (Å²) in [6.45, 7) is 8.96. The second-order valence-electron chi connectivity index (χ2n) is 5.16. The Labute approximate surface area is 95.2 Å². The summed E-state index contributed by atoms with van der Waals surface area (Å²) in [6.07, 6.45) is 7.96. The molecule has 0 saturated carbocycles. The number of rotatable bonds is 4. The van der Waals surface area contributed by atoms with Crippen molar-refractivity contribution in [1.29, 1.82) is 0 Å². The van der Waals surface area contributed by atoms with E-state index in [4.69, 9.17) is 5.73 Å². The second kappa shape index (κ2) is 5.86. The Hall–Kier alpha value is -0.0800. The summed E-state index contributed by atoms with van der Waals surface area (Å²) in [5, 5.41) is 0. The summed E-state index contributed by atoms with van der Waals surface area (Å²) in [4.78, 5) is 2.69. The van der Waals surface area contributed by atoms with Crippen LogP contribution in [0.2, 0.25) is 0 Å². The highest BCUT2D eigenvalue weighted by Gasteiger charge is 2.33. The minimum absolute atomic E-state index is 0.227. The van der Waals surface area contributed by atoms with Crippen molar-refractivity contribution in [3.05, 3.63) is 0 Å². The first kappa shape index (κ1) is 13.0. The normalized spacial score (nSPS) is 28.4.